The SMILES string of the molecule is CCC(=O)[C@H]1O[C@@H]2OC(C(C)C)O[C@@H]2[C@H]1OCc1ccccc1Cl. The van der Waals surface area contributed by atoms with Crippen molar-refractivity contribution in [1.29, 1.82) is 0 Å². The van der Waals surface area contributed by atoms with Gasteiger partial charge in [-0.25, -0.2) is 0 Å². The Balaban J connectivity index is 1.73. The van der Waals surface area contributed by atoms with Crippen molar-refractivity contribution in [3.63, 3.8) is 0 Å². The number of halogens is 1. The molecule has 1 aromatic carbocycles. The van der Waals surface area contributed by atoms with Crippen molar-refractivity contribution in [2.24, 2.45) is 5.92 Å². The van der Waals surface area contributed by atoms with E-state index in [2.05, 4.69) is 0 Å². The Bertz CT molecular complexity index is 591. The number of fused-ring (bicyclic) bond motifs is 1. The molecule has 0 radical (unpaired) electrons. The maximum atomic E-state index is 12.2. The lowest BCUT2D eigenvalue weighted by Gasteiger charge is -2.23. The standard InChI is InChI=1S/C18H23ClO5/c1-4-13(20)14-15(21-9-11-7-5-6-8-12(11)19)16-18(22-14)24-17(23-16)10(2)3/h5-8,10,14-18H,4,9H2,1-3H3/t14-,15+,16-,17?,18-/m1/s1. The average Bonchev–Trinajstić information content (AvgIpc) is 3.12. The topological polar surface area (TPSA) is 54.0 Å². The zero-order chi connectivity index (χ0) is 17.3. The Labute approximate surface area is 147 Å². The van der Waals surface area contributed by atoms with Crippen LogP contribution < -0.4 is 0 Å². The number of hydrogen-bond donors (Lipinski definition) is 0. The summed E-state index contributed by atoms with van der Waals surface area (Å²) < 4.78 is 23.5. The first-order valence-corrected chi connectivity index (χ1v) is 8.73. The van der Waals surface area contributed by atoms with Gasteiger partial charge in [0.1, 0.15) is 18.3 Å². The summed E-state index contributed by atoms with van der Waals surface area (Å²) >= 11 is 6.18. The summed E-state index contributed by atoms with van der Waals surface area (Å²) in [4.78, 5) is 12.2. The minimum absolute atomic E-state index is 0.0122. The first-order chi connectivity index (χ1) is 11.5. The molecule has 2 aliphatic rings. The van der Waals surface area contributed by atoms with Crippen molar-refractivity contribution in [1.82, 2.24) is 0 Å². The molecule has 3 rings (SSSR count). The van der Waals surface area contributed by atoms with Crippen molar-refractivity contribution < 1.29 is 23.7 Å². The van der Waals surface area contributed by atoms with Gasteiger partial charge in [-0.15, -0.1) is 0 Å². The molecule has 2 saturated heterocycles. The molecule has 6 heteroatoms. The highest BCUT2D eigenvalue weighted by atomic mass is 35.5. The molecule has 1 unspecified atom stereocenters. The van der Waals surface area contributed by atoms with E-state index >= 15 is 0 Å². The van der Waals surface area contributed by atoms with Crippen LogP contribution >= 0.6 is 11.6 Å². The number of hydrogen-bond acceptors (Lipinski definition) is 5. The molecule has 5 nitrogen and oxygen atoms in total. The molecular weight excluding hydrogens is 332 g/mol. The van der Waals surface area contributed by atoms with E-state index < -0.39 is 24.6 Å². The van der Waals surface area contributed by atoms with Crippen LogP contribution in [0.25, 0.3) is 0 Å². The fourth-order valence-electron chi connectivity index (χ4n) is 2.96. The number of benzene rings is 1. The summed E-state index contributed by atoms with van der Waals surface area (Å²) in [6.45, 7) is 6.13. The zero-order valence-electron chi connectivity index (χ0n) is 14.1. The zero-order valence-corrected chi connectivity index (χ0v) is 14.9. The Morgan fingerprint density at radius 1 is 1.25 bits per heavy atom. The summed E-state index contributed by atoms with van der Waals surface area (Å²) in [6.07, 6.45) is -2.09. The largest absolute Gasteiger partial charge is 0.367 e. The minimum Gasteiger partial charge on any atom is -0.367 e. The third-order valence-corrected chi connectivity index (χ3v) is 4.70. The van der Waals surface area contributed by atoms with Crippen LogP contribution in [-0.4, -0.2) is 36.7 Å². The minimum atomic E-state index is -0.666. The van der Waals surface area contributed by atoms with Gasteiger partial charge in [-0.05, 0) is 11.6 Å². The molecule has 1 aromatic rings. The van der Waals surface area contributed by atoms with Crippen LogP contribution in [0, 0.1) is 5.92 Å². The van der Waals surface area contributed by atoms with Crippen molar-refractivity contribution in [3.8, 4) is 0 Å². The Morgan fingerprint density at radius 3 is 2.67 bits per heavy atom. The normalized spacial score (nSPS) is 32.3. The molecule has 2 fully saturated rings. The van der Waals surface area contributed by atoms with Gasteiger partial charge in [-0.3, -0.25) is 4.79 Å². The maximum Gasteiger partial charge on any atom is 0.190 e. The van der Waals surface area contributed by atoms with Crippen molar-refractivity contribution in [2.75, 3.05) is 0 Å². The number of ether oxygens (including phenoxy) is 4. The quantitative estimate of drug-likeness (QED) is 0.784. The Hall–Kier alpha value is -0.980. The molecule has 0 aromatic heterocycles. The number of Topliss-reactive ketones (excluding diaryl/α,β-unsaturated/α-hetero) is 1. The predicted molar refractivity (Wildman–Crippen MR) is 88.6 cm³/mol. The third kappa shape index (κ3) is 3.51. The van der Waals surface area contributed by atoms with Crippen LogP contribution in [0.1, 0.15) is 32.8 Å². The van der Waals surface area contributed by atoms with Crippen LogP contribution in [0.15, 0.2) is 24.3 Å². The van der Waals surface area contributed by atoms with Crippen molar-refractivity contribution in [2.45, 2.75) is 64.7 Å². The van der Waals surface area contributed by atoms with Gasteiger partial charge < -0.3 is 18.9 Å². The molecule has 0 saturated carbocycles. The van der Waals surface area contributed by atoms with Gasteiger partial charge in [-0.2, -0.15) is 0 Å². The Morgan fingerprint density at radius 2 is 2.00 bits per heavy atom. The summed E-state index contributed by atoms with van der Waals surface area (Å²) in [6, 6.07) is 7.48. The molecule has 0 aliphatic carbocycles. The average molecular weight is 355 g/mol. The van der Waals surface area contributed by atoms with Gasteiger partial charge in [-0.1, -0.05) is 50.6 Å². The second-order valence-electron chi connectivity index (χ2n) is 6.46. The molecule has 2 aliphatic heterocycles. The van der Waals surface area contributed by atoms with Crippen molar-refractivity contribution in [3.05, 3.63) is 34.9 Å². The maximum absolute atomic E-state index is 12.2. The summed E-state index contributed by atoms with van der Waals surface area (Å²) in [5.41, 5.74) is 0.865. The number of carbonyl (C=O) groups is 1. The fraction of sp³-hybridized carbons (Fsp3) is 0.611. The highest BCUT2D eigenvalue weighted by Crippen LogP contribution is 2.37. The van der Waals surface area contributed by atoms with Crippen LogP contribution in [0.3, 0.4) is 0 Å². The van der Waals surface area contributed by atoms with Gasteiger partial charge >= 0.3 is 0 Å². The smallest absolute Gasteiger partial charge is 0.190 e. The van der Waals surface area contributed by atoms with Gasteiger partial charge in [0.2, 0.25) is 0 Å². The highest BCUT2D eigenvalue weighted by Gasteiger charge is 2.55. The van der Waals surface area contributed by atoms with E-state index in [9.17, 15) is 4.79 Å². The molecule has 5 atom stereocenters. The van der Waals surface area contributed by atoms with Crippen molar-refractivity contribution >= 4 is 17.4 Å². The number of carbonyl (C=O) groups excluding carboxylic acids is 1. The molecule has 2 heterocycles. The van der Waals surface area contributed by atoms with Gasteiger partial charge in [0, 0.05) is 17.4 Å². The molecule has 0 amide bonds. The lowest BCUT2D eigenvalue weighted by Crippen LogP contribution is -2.39. The first kappa shape index (κ1) is 17.8. The van der Waals surface area contributed by atoms with E-state index in [1.165, 1.54) is 0 Å². The van der Waals surface area contributed by atoms with E-state index in [1.807, 2.05) is 45.0 Å². The number of rotatable bonds is 6. The Kier molecular flexibility index (Phi) is 5.57. The van der Waals surface area contributed by atoms with E-state index in [0.717, 1.165) is 5.56 Å². The predicted octanol–water partition coefficient (Wildman–Crippen LogP) is 3.33. The monoisotopic (exact) mass is 354 g/mol. The van der Waals surface area contributed by atoms with Crippen LogP contribution in [0.5, 0.6) is 0 Å². The van der Waals surface area contributed by atoms with Crippen LogP contribution in [-0.2, 0) is 30.3 Å². The van der Waals surface area contributed by atoms with E-state index in [4.69, 9.17) is 30.5 Å². The molecule has 0 bridgehead atoms. The molecule has 0 N–H and O–H groups in total. The van der Waals surface area contributed by atoms with Gasteiger partial charge in [0.25, 0.3) is 0 Å². The summed E-state index contributed by atoms with van der Waals surface area (Å²) in [5, 5.41) is 0.634. The third-order valence-electron chi connectivity index (χ3n) is 4.33. The second-order valence-corrected chi connectivity index (χ2v) is 6.87. The summed E-state index contributed by atoms with van der Waals surface area (Å²) in [7, 11) is 0. The molecule has 24 heavy (non-hydrogen) atoms. The summed E-state index contributed by atoms with van der Waals surface area (Å²) in [5.74, 6) is 0.186. The van der Waals surface area contributed by atoms with E-state index in [-0.39, 0.29) is 18.0 Å². The van der Waals surface area contributed by atoms with Gasteiger partial charge in [0.05, 0.1) is 6.61 Å². The lowest BCUT2D eigenvalue weighted by molar-refractivity contribution is -0.190. The van der Waals surface area contributed by atoms with Crippen LogP contribution in [0.2, 0.25) is 5.02 Å². The van der Waals surface area contributed by atoms with Crippen LogP contribution in [0.4, 0.5) is 0 Å². The fourth-order valence-corrected chi connectivity index (χ4v) is 3.15. The molecule has 0 spiro atoms. The molecule has 132 valence electrons. The first-order valence-electron chi connectivity index (χ1n) is 8.35. The second kappa shape index (κ2) is 7.50. The van der Waals surface area contributed by atoms with E-state index in [1.54, 1.807) is 0 Å². The van der Waals surface area contributed by atoms with Gasteiger partial charge in [0.15, 0.2) is 18.4 Å². The van der Waals surface area contributed by atoms with E-state index in [0.29, 0.717) is 18.1 Å². The lowest BCUT2D eigenvalue weighted by atomic mass is 10.1. The number of ketones is 1. The highest BCUT2D eigenvalue weighted by molar-refractivity contribution is 6.31. The molecular formula is C18H23ClO5.